The number of carbonyl (C=O) groups excluding carboxylic acids is 2. The molecule has 0 atom stereocenters. The molecular formula is C27H27N3O4. The number of nitrogens with one attached hydrogen (secondary N) is 1. The van der Waals surface area contributed by atoms with E-state index in [1.807, 2.05) is 67.8 Å². The van der Waals surface area contributed by atoms with Gasteiger partial charge in [0.1, 0.15) is 17.4 Å². The summed E-state index contributed by atoms with van der Waals surface area (Å²) < 4.78 is 12.0. The number of amides is 1. The number of hydrogen-bond donors (Lipinski definition) is 1. The van der Waals surface area contributed by atoms with Crippen molar-refractivity contribution < 1.29 is 19.1 Å². The van der Waals surface area contributed by atoms with E-state index in [1.165, 1.54) is 7.11 Å². The van der Waals surface area contributed by atoms with Crippen LogP contribution >= 0.6 is 0 Å². The Morgan fingerprint density at radius 2 is 1.76 bits per heavy atom. The Bertz CT molecular complexity index is 1290. The summed E-state index contributed by atoms with van der Waals surface area (Å²) in [6.07, 6.45) is 1.58. The molecule has 0 aliphatic rings. The first kappa shape index (κ1) is 24.3. The van der Waals surface area contributed by atoms with E-state index in [2.05, 4.69) is 5.32 Å². The summed E-state index contributed by atoms with van der Waals surface area (Å²) in [6.45, 7) is 6.09. The Balaban J connectivity index is 1.88. The van der Waals surface area contributed by atoms with Gasteiger partial charge in [-0.15, -0.1) is 0 Å². The average Bonchev–Trinajstić information content (AvgIpc) is 3.13. The van der Waals surface area contributed by atoms with Crippen molar-refractivity contribution in [2.75, 3.05) is 14.2 Å². The van der Waals surface area contributed by atoms with Gasteiger partial charge in [0.15, 0.2) is 0 Å². The number of carbonyl (C=O) groups is 2. The maximum Gasteiger partial charge on any atom is 0.337 e. The number of ether oxygens (including phenoxy) is 2. The van der Waals surface area contributed by atoms with Gasteiger partial charge in [0.05, 0.1) is 19.8 Å². The van der Waals surface area contributed by atoms with Gasteiger partial charge in [-0.05, 0) is 73.9 Å². The normalized spacial score (nSPS) is 11.0. The molecule has 0 radical (unpaired) electrons. The van der Waals surface area contributed by atoms with Gasteiger partial charge in [-0.1, -0.05) is 18.2 Å². The second-order valence-electron chi connectivity index (χ2n) is 7.86. The first-order valence-corrected chi connectivity index (χ1v) is 10.7. The number of hydrogen-bond acceptors (Lipinski definition) is 5. The van der Waals surface area contributed by atoms with Crippen LogP contribution in [-0.2, 0) is 16.1 Å². The van der Waals surface area contributed by atoms with Crippen LogP contribution in [0.1, 0.15) is 38.4 Å². The molecule has 0 saturated carbocycles. The zero-order valence-corrected chi connectivity index (χ0v) is 19.9. The third-order valence-corrected chi connectivity index (χ3v) is 5.62. The fraction of sp³-hybridized carbons (Fsp3) is 0.222. The third-order valence-electron chi connectivity index (χ3n) is 5.62. The first-order chi connectivity index (χ1) is 16.3. The van der Waals surface area contributed by atoms with Crippen molar-refractivity contribution in [2.45, 2.75) is 27.3 Å². The lowest BCUT2D eigenvalue weighted by molar-refractivity contribution is -0.117. The molecule has 7 nitrogen and oxygen atoms in total. The monoisotopic (exact) mass is 457 g/mol. The molecule has 1 amide bonds. The molecule has 7 heteroatoms. The Morgan fingerprint density at radius 1 is 1.06 bits per heavy atom. The molecule has 0 fully saturated rings. The van der Waals surface area contributed by atoms with Crippen molar-refractivity contribution in [1.82, 2.24) is 9.88 Å². The summed E-state index contributed by atoms with van der Waals surface area (Å²) >= 11 is 0. The van der Waals surface area contributed by atoms with Gasteiger partial charge in [0, 0.05) is 23.6 Å². The van der Waals surface area contributed by atoms with Gasteiger partial charge in [0.2, 0.25) is 0 Å². The molecule has 0 unspecified atom stereocenters. The van der Waals surface area contributed by atoms with Crippen molar-refractivity contribution in [3.8, 4) is 17.5 Å². The van der Waals surface area contributed by atoms with Crippen LogP contribution in [-0.4, -0.2) is 30.7 Å². The largest absolute Gasteiger partial charge is 0.497 e. The molecule has 0 saturated heterocycles. The van der Waals surface area contributed by atoms with Gasteiger partial charge in [-0.25, -0.2) is 4.79 Å². The molecular weight excluding hydrogens is 430 g/mol. The molecule has 3 rings (SSSR count). The van der Waals surface area contributed by atoms with Crippen LogP contribution in [0, 0.1) is 32.1 Å². The Hall–Kier alpha value is -4.31. The smallest absolute Gasteiger partial charge is 0.337 e. The lowest BCUT2D eigenvalue weighted by atomic mass is 10.1. The predicted octanol–water partition coefficient (Wildman–Crippen LogP) is 4.42. The lowest BCUT2D eigenvalue weighted by Crippen LogP contribution is -2.23. The van der Waals surface area contributed by atoms with E-state index in [-0.39, 0.29) is 5.57 Å². The number of nitriles is 1. The fourth-order valence-electron chi connectivity index (χ4n) is 3.72. The highest BCUT2D eigenvalue weighted by molar-refractivity contribution is 6.01. The Labute approximate surface area is 199 Å². The second kappa shape index (κ2) is 10.5. The van der Waals surface area contributed by atoms with E-state index in [9.17, 15) is 14.9 Å². The predicted molar refractivity (Wildman–Crippen MR) is 130 cm³/mol. The van der Waals surface area contributed by atoms with Crippen molar-refractivity contribution in [3.63, 3.8) is 0 Å². The van der Waals surface area contributed by atoms with E-state index in [1.54, 1.807) is 25.3 Å². The van der Waals surface area contributed by atoms with E-state index in [4.69, 9.17) is 9.47 Å². The summed E-state index contributed by atoms with van der Waals surface area (Å²) in [4.78, 5) is 24.7. The topological polar surface area (TPSA) is 93.4 Å². The van der Waals surface area contributed by atoms with Gasteiger partial charge < -0.3 is 19.4 Å². The number of nitrogens with zero attached hydrogens (tertiary/aromatic N) is 2. The van der Waals surface area contributed by atoms with Gasteiger partial charge in [-0.3, -0.25) is 4.79 Å². The minimum Gasteiger partial charge on any atom is -0.497 e. The number of esters is 1. The van der Waals surface area contributed by atoms with Crippen LogP contribution < -0.4 is 10.1 Å². The molecule has 0 bridgehead atoms. The number of methoxy groups -OCH3 is 2. The van der Waals surface area contributed by atoms with Crippen LogP contribution in [0.2, 0.25) is 0 Å². The molecule has 34 heavy (non-hydrogen) atoms. The number of aryl methyl sites for hydroxylation is 2. The maximum atomic E-state index is 12.7. The lowest BCUT2D eigenvalue weighted by Gasteiger charge is -2.14. The summed E-state index contributed by atoms with van der Waals surface area (Å²) in [5, 5.41) is 12.4. The van der Waals surface area contributed by atoms with Gasteiger partial charge >= 0.3 is 5.97 Å². The second-order valence-corrected chi connectivity index (χ2v) is 7.86. The summed E-state index contributed by atoms with van der Waals surface area (Å²) in [6, 6.07) is 16.6. The highest BCUT2D eigenvalue weighted by atomic mass is 16.5. The van der Waals surface area contributed by atoms with Crippen LogP contribution in [0.25, 0.3) is 11.8 Å². The molecule has 0 aliphatic carbocycles. The molecule has 0 aliphatic heterocycles. The summed E-state index contributed by atoms with van der Waals surface area (Å²) in [5.74, 6) is -0.133. The quantitative estimate of drug-likeness (QED) is 0.322. The highest BCUT2D eigenvalue weighted by Gasteiger charge is 2.16. The van der Waals surface area contributed by atoms with Crippen LogP contribution in [0.4, 0.5) is 0 Å². The molecule has 1 heterocycles. The van der Waals surface area contributed by atoms with Crippen LogP contribution in [0.15, 0.2) is 54.1 Å². The van der Waals surface area contributed by atoms with Crippen LogP contribution in [0.3, 0.4) is 0 Å². The Kier molecular flexibility index (Phi) is 7.54. The number of rotatable bonds is 7. The minimum absolute atomic E-state index is 0.00814. The van der Waals surface area contributed by atoms with E-state index >= 15 is 0 Å². The van der Waals surface area contributed by atoms with Crippen molar-refractivity contribution in [1.29, 1.82) is 5.26 Å². The molecule has 1 N–H and O–H groups in total. The number of benzene rings is 2. The van der Waals surface area contributed by atoms with Crippen molar-refractivity contribution >= 4 is 18.0 Å². The zero-order valence-electron chi connectivity index (χ0n) is 19.9. The standard InChI is InChI=1S/C27H27N3O4/c1-17-6-9-21(27(32)34-5)14-25(17)30-18(2)12-22(19(30)3)13-23(15-28)26(31)29-16-20-7-10-24(33-4)11-8-20/h6-14H,16H2,1-5H3,(H,29,31)/b23-13-. The fourth-order valence-corrected chi connectivity index (χ4v) is 3.72. The van der Waals surface area contributed by atoms with Crippen molar-refractivity contribution in [3.05, 3.63) is 87.7 Å². The molecule has 1 aromatic heterocycles. The summed E-state index contributed by atoms with van der Waals surface area (Å²) in [7, 11) is 2.94. The van der Waals surface area contributed by atoms with E-state index in [0.717, 1.165) is 39.5 Å². The minimum atomic E-state index is -0.452. The third kappa shape index (κ3) is 5.18. The maximum absolute atomic E-state index is 12.7. The van der Waals surface area contributed by atoms with Gasteiger partial charge in [0.25, 0.3) is 5.91 Å². The SMILES string of the molecule is COC(=O)c1ccc(C)c(-n2c(C)cc(/C=C(/C#N)C(=O)NCc3ccc(OC)cc3)c2C)c1. The number of aromatic nitrogens is 1. The molecule has 0 spiro atoms. The average molecular weight is 458 g/mol. The van der Waals surface area contributed by atoms with Gasteiger partial charge in [-0.2, -0.15) is 5.26 Å². The zero-order chi connectivity index (χ0) is 24.8. The van der Waals surface area contributed by atoms with Crippen molar-refractivity contribution in [2.24, 2.45) is 0 Å². The van der Waals surface area contributed by atoms with Crippen LogP contribution in [0.5, 0.6) is 5.75 Å². The Morgan fingerprint density at radius 3 is 2.38 bits per heavy atom. The van der Waals surface area contributed by atoms with E-state index < -0.39 is 11.9 Å². The van der Waals surface area contributed by atoms with E-state index in [0.29, 0.717) is 12.1 Å². The molecule has 174 valence electrons. The molecule has 2 aromatic carbocycles. The first-order valence-electron chi connectivity index (χ1n) is 10.7. The summed E-state index contributed by atoms with van der Waals surface area (Å²) in [5.41, 5.74) is 5.66. The molecule has 3 aromatic rings. The highest BCUT2D eigenvalue weighted by Crippen LogP contribution is 2.26.